The van der Waals surface area contributed by atoms with Gasteiger partial charge in [0.05, 0.1) is 5.69 Å². The van der Waals surface area contributed by atoms with Gasteiger partial charge < -0.3 is 10.6 Å². The van der Waals surface area contributed by atoms with Crippen molar-refractivity contribution in [1.29, 1.82) is 0 Å². The number of piperidine rings is 1. The lowest BCUT2D eigenvalue weighted by atomic mass is 9.91. The van der Waals surface area contributed by atoms with E-state index in [2.05, 4.69) is 38.1 Å². The van der Waals surface area contributed by atoms with E-state index in [1.807, 2.05) is 9.58 Å². The van der Waals surface area contributed by atoms with Crippen molar-refractivity contribution in [1.82, 2.24) is 14.7 Å². The molecule has 144 valence electrons. The molecule has 5 nitrogen and oxygen atoms in total. The predicted octanol–water partition coefficient (Wildman–Crippen LogP) is 3.26. The molecule has 2 aromatic rings. The van der Waals surface area contributed by atoms with Gasteiger partial charge in [0, 0.05) is 30.4 Å². The zero-order valence-corrected chi connectivity index (χ0v) is 16.4. The number of likely N-dealkylation sites (tertiary alicyclic amines) is 1. The average molecular weight is 367 g/mol. The van der Waals surface area contributed by atoms with Crippen LogP contribution in [0, 0.1) is 12.8 Å². The highest BCUT2D eigenvalue weighted by molar-refractivity contribution is 5.94. The standard InChI is InChI=1S/C22H30N4O/c1-15-7-9-17(10-8-15)26-20-6-4-3-5-19(20)21(24-26)22(27)25-12-11-16(2)13-18(25)14-23/h7-10,16,18H,3-6,11-14,23H2,1-2H3. The minimum absolute atomic E-state index is 0.0707. The van der Waals surface area contributed by atoms with Gasteiger partial charge in [0.15, 0.2) is 5.69 Å². The van der Waals surface area contributed by atoms with E-state index in [0.29, 0.717) is 18.2 Å². The summed E-state index contributed by atoms with van der Waals surface area (Å²) in [5.74, 6) is 0.697. The molecule has 1 aromatic carbocycles. The average Bonchev–Trinajstić information content (AvgIpc) is 3.07. The second kappa shape index (κ2) is 7.47. The number of benzene rings is 1. The van der Waals surface area contributed by atoms with Crippen LogP contribution in [0.3, 0.4) is 0 Å². The summed E-state index contributed by atoms with van der Waals surface area (Å²) in [6.07, 6.45) is 6.25. The first-order valence-electron chi connectivity index (χ1n) is 10.3. The molecule has 1 saturated heterocycles. The lowest BCUT2D eigenvalue weighted by Crippen LogP contribution is -2.49. The predicted molar refractivity (Wildman–Crippen MR) is 107 cm³/mol. The molecule has 2 atom stereocenters. The number of fused-ring (bicyclic) bond motifs is 1. The van der Waals surface area contributed by atoms with E-state index in [9.17, 15) is 4.79 Å². The van der Waals surface area contributed by atoms with Crippen molar-refractivity contribution in [2.45, 2.75) is 58.4 Å². The van der Waals surface area contributed by atoms with Gasteiger partial charge >= 0.3 is 0 Å². The van der Waals surface area contributed by atoms with Crippen molar-refractivity contribution in [3.63, 3.8) is 0 Å². The summed E-state index contributed by atoms with van der Waals surface area (Å²) in [5, 5.41) is 4.84. The first kappa shape index (κ1) is 18.2. The lowest BCUT2D eigenvalue weighted by Gasteiger charge is -2.37. The Labute approximate surface area is 161 Å². The Morgan fingerprint density at radius 1 is 1.22 bits per heavy atom. The Balaban J connectivity index is 1.72. The third-order valence-corrected chi connectivity index (χ3v) is 6.17. The topological polar surface area (TPSA) is 64.2 Å². The number of aromatic nitrogens is 2. The molecular formula is C22H30N4O. The SMILES string of the molecule is Cc1ccc(-n2nc(C(=O)N3CCC(C)CC3CN)c3c2CCCC3)cc1. The third-order valence-electron chi connectivity index (χ3n) is 6.17. The lowest BCUT2D eigenvalue weighted by molar-refractivity contribution is 0.0566. The summed E-state index contributed by atoms with van der Waals surface area (Å²) in [7, 11) is 0. The number of carbonyl (C=O) groups is 1. The van der Waals surface area contributed by atoms with Crippen LogP contribution < -0.4 is 5.73 Å². The fourth-order valence-corrected chi connectivity index (χ4v) is 4.55. The number of rotatable bonds is 3. The maximum absolute atomic E-state index is 13.4. The highest BCUT2D eigenvalue weighted by Gasteiger charge is 2.34. The number of nitrogens with two attached hydrogens (primary N) is 1. The van der Waals surface area contributed by atoms with Gasteiger partial charge in [-0.05, 0) is 63.5 Å². The first-order valence-corrected chi connectivity index (χ1v) is 10.3. The summed E-state index contributed by atoms with van der Waals surface area (Å²) in [6, 6.07) is 8.52. The van der Waals surface area contributed by atoms with Crippen LogP contribution in [0.5, 0.6) is 0 Å². The smallest absolute Gasteiger partial charge is 0.274 e. The van der Waals surface area contributed by atoms with Crippen LogP contribution in [-0.2, 0) is 12.8 Å². The summed E-state index contributed by atoms with van der Waals surface area (Å²) >= 11 is 0. The van der Waals surface area contributed by atoms with Crippen LogP contribution in [0.2, 0.25) is 0 Å². The molecule has 5 heteroatoms. The maximum atomic E-state index is 13.4. The van der Waals surface area contributed by atoms with Gasteiger partial charge in [0.1, 0.15) is 0 Å². The van der Waals surface area contributed by atoms with Gasteiger partial charge in [0.25, 0.3) is 5.91 Å². The molecule has 1 aliphatic heterocycles. The van der Waals surface area contributed by atoms with Crippen molar-refractivity contribution in [3.8, 4) is 5.69 Å². The van der Waals surface area contributed by atoms with Crippen molar-refractivity contribution in [2.75, 3.05) is 13.1 Å². The van der Waals surface area contributed by atoms with Crippen LogP contribution in [-0.4, -0.2) is 39.7 Å². The second-order valence-electron chi connectivity index (χ2n) is 8.25. The van der Waals surface area contributed by atoms with Crippen molar-refractivity contribution in [2.24, 2.45) is 11.7 Å². The van der Waals surface area contributed by atoms with Crippen LogP contribution >= 0.6 is 0 Å². The molecule has 1 fully saturated rings. The molecule has 0 spiro atoms. The molecule has 0 bridgehead atoms. The molecule has 0 saturated carbocycles. The van der Waals surface area contributed by atoms with Gasteiger partial charge in [-0.3, -0.25) is 4.79 Å². The monoisotopic (exact) mass is 366 g/mol. The fraction of sp³-hybridized carbons (Fsp3) is 0.545. The summed E-state index contributed by atoms with van der Waals surface area (Å²) in [6.45, 7) is 5.64. The molecule has 2 N–H and O–H groups in total. The number of nitrogens with zero attached hydrogens (tertiary/aromatic N) is 3. The van der Waals surface area contributed by atoms with Gasteiger partial charge in [-0.25, -0.2) is 4.68 Å². The van der Waals surface area contributed by atoms with E-state index in [1.165, 1.54) is 11.3 Å². The Morgan fingerprint density at radius 3 is 2.70 bits per heavy atom. The molecule has 1 amide bonds. The quantitative estimate of drug-likeness (QED) is 0.907. The Hall–Kier alpha value is -2.14. The van der Waals surface area contributed by atoms with Gasteiger partial charge in [0.2, 0.25) is 0 Å². The van der Waals surface area contributed by atoms with Crippen molar-refractivity contribution >= 4 is 5.91 Å². The summed E-state index contributed by atoms with van der Waals surface area (Å²) in [4.78, 5) is 15.4. The highest BCUT2D eigenvalue weighted by atomic mass is 16.2. The van der Waals surface area contributed by atoms with Gasteiger partial charge in [-0.1, -0.05) is 24.6 Å². The molecule has 2 aliphatic rings. The van der Waals surface area contributed by atoms with Crippen LogP contribution in [0.1, 0.15) is 59.9 Å². The highest BCUT2D eigenvalue weighted by Crippen LogP contribution is 2.30. The van der Waals surface area contributed by atoms with Gasteiger partial charge in [-0.2, -0.15) is 5.10 Å². The van der Waals surface area contributed by atoms with E-state index in [-0.39, 0.29) is 11.9 Å². The number of aryl methyl sites for hydroxylation is 1. The molecular weight excluding hydrogens is 336 g/mol. The Kier molecular flexibility index (Phi) is 5.04. The zero-order chi connectivity index (χ0) is 19.0. The summed E-state index contributed by atoms with van der Waals surface area (Å²) in [5.41, 5.74) is 11.3. The number of hydrogen-bond donors (Lipinski definition) is 1. The molecule has 1 aromatic heterocycles. The first-order chi connectivity index (χ1) is 13.1. The molecule has 0 radical (unpaired) electrons. The zero-order valence-electron chi connectivity index (χ0n) is 16.4. The van der Waals surface area contributed by atoms with Crippen molar-refractivity contribution < 1.29 is 4.79 Å². The third kappa shape index (κ3) is 3.41. The number of hydrogen-bond acceptors (Lipinski definition) is 3. The maximum Gasteiger partial charge on any atom is 0.274 e. The van der Waals surface area contributed by atoms with Crippen molar-refractivity contribution in [3.05, 3.63) is 46.8 Å². The van der Waals surface area contributed by atoms with E-state index in [0.717, 1.165) is 56.3 Å². The largest absolute Gasteiger partial charge is 0.333 e. The van der Waals surface area contributed by atoms with E-state index in [1.54, 1.807) is 0 Å². The number of carbonyl (C=O) groups excluding carboxylic acids is 1. The molecule has 1 aliphatic carbocycles. The van der Waals surface area contributed by atoms with E-state index in [4.69, 9.17) is 10.8 Å². The van der Waals surface area contributed by atoms with Crippen LogP contribution in [0.15, 0.2) is 24.3 Å². The van der Waals surface area contributed by atoms with Crippen LogP contribution in [0.25, 0.3) is 5.69 Å². The minimum atomic E-state index is 0.0707. The Morgan fingerprint density at radius 2 is 1.96 bits per heavy atom. The normalized spacial score (nSPS) is 22.6. The minimum Gasteiger partial charge on any atom is -0.333 e. The van der Waals surface area contributed by atoms with Gasteiger partial charge in [-0.15, -0.1) is 0 Å². The fourth-order valence-electron chi connectivity index (χ4n) is 4.55. The van der Waals surface area contributed by atoms with E-state index < -0.39 is 0 Å². The molecule has 27 heavy (non-hydrogen) atoms. The Bertz CT molecular complexity index is 824. The second-order valence-corrected chi connectivity index (χ2v) is 8.25. The molecule has 2 unspecified atom stereocenters. The van der Waals surface area contributed by atoms with Crippen LogP contribution in [0.4, 0.5) is 0 Å². The molecule has 2 heterocycles. The van der Waals surface area contributed by atoms with E-state index >= 15 is 0 Å². The summed E-state index contributed by atoms with van der Waals surface area (Å²) < 4.78 is 2.01. The molecule has 4 rings (SSSR count). The number of amides is 1.